The van der Waals surface area contributed by atoms with Crippen LogP contribution in [0.1, 0.15) is 18.9 Å². The molecule has 1 atom stereocenters. The summed E-state index contributed by atoms with van der Waals surface area (Å²) in [6, 6.07) is 0. The van der Waals surface area contributed by atoms with Gasteiger partial charge in [-0.15, -0.1) is 0 Å². The van der Waals surface area contributed by atoms with E-state index in [2.05, 4.69) is 14.8 Å². The van der Waals surface area contributed by atoms with E-state index in [1.807, 2.05) is 6.92 Å². The van der Waals surface area contributed by atoms with Crippen molar-refractivity contribution < 1.29 is 14.6 Å². The van der Waals surface area contributed by atoms with Crippen molar-refractivity contribution in [3.05, 3.63) is 12.2 Å². The van der Waals surface area contributed by atoms with Crippen molar-refractivity contribution in [2.24, 2.45) is 0 Å². The van der Waals surface area contributed by atoms with Gasteiger partial charge >= 0.3 is 5.97 Å². The molecule has 0 spiro atoms. The summed E-state index contributed by atoms with van der Waals surface area (Å²) in [6.07, 6.45) is -0.0715. The van der Waals surface area contributed by atoms with Crippen molar-refractivity contribution in [2.45, 2.75) is 19.6 Å². The first kappa shape index (κ1) is 9.66. The SMILES string of the molecule is CCn1ncnc1C(O)C(=O)OC. The summed E-state index contributed by atoms with van der Waals surface area (Å²) in [5.41, 5.74) is 0. The molecular weight excluding hydrogens is 174 g/mol. The van der Waals surface area contributed by atoms with Gasteiger partial charge in [0.15, 0.2) is 5.82 Å². The van der Waals surface area contributed by atoms with E-state index < -0.39 is 12.1 Å². The lowest BCUT2D eigenvalue weighted by molar-refractivity contribution is -0.151. The monoisotopic (exact) mass is 185 g/mol. The highest BCUT2D eigenvalue weighted by atomic mass is 16.5. The molecule has 0 aromatic carbocycles. The summed E-state index contributed by atoms with van der Waals surface area (Å²) in [7, 11) is 1.21. The van der Waals surface area contributed by atoms with E-state index in [0.29, 0.717) is 6.54 Å². The number of hydrogen-bond acceptors (Lipinski definition) is 5. The van der Waals surface area contributed by atoms with Crippen LogP contribution in [0.5, 0.6) is 0 Å². The molecule has 0 aliphatic heterocycles. The highest BCUT2D eigenvalue weighted by molar-refractivity contribution is 5.74. The normalized spacial score (nSPS) is 12.5. The third kappa shape index (κ3) is 1.83. The lowest BCUT2D eigenvalue weighted by Gasteiger charge is -2.07. The molecule has 0 bridgehead atoms. The van der Waals surface area contributed by atoms with Crippen molar-refractivity contribution in [1.82, 2.24) is 14.8 Å². The van der Waals surface area contributed by atoms with Crippen LogP contribution in [0.3, 0.4) is 0 Å². The van der Waals surface area contributed by atoms with Gasteiger partial charge in [-0.05, 0) is 6.92 Å². The van der Waals surface area contributed by atoms with Gasteiger partial charge in [-0.25, -0.2) is 14.5 Å². The second-order valence-corrected chi connectivity index (χ2v) is 2.36. The molecule has 1 aromatic heterocycles. The summed E-state index contributed by atoms with van der Waals surface area (Å²) in [4.78, 5) is 14.7. The van der Waals surface area contributed by atoms with E-state index in [1.165, 1.54) is 18.1 Å². The highest BCUT2D eigenvalue weighted by Gasteiger charge is 2.22. The zero-order chi connectivity index (χ0) is 9.84. The van der Waals surface area contributed by atoms with Gasteiger partial charge in [0, 0.05) is 6.54 Å². The van der Waals surface area contributed by atoms with Crippen LogP contribution in [0.4, 0.5) is 0 Å². The van der Waals surface area contributed by atoms with Gasteiger partial charge in [0.1, 0.15) is 6.33 Å². The number of rotatable bonds is 3. The van der Waals surface area contributed by atoms with E-state index >= 15 is 0 Å². The molecule has 0 saturated heterocycles. The Bertz CT molecular complexity index is 297. The molecule has 6 heteroatoms. The van der Waals surface area contributed by atoms with Crippen LogP contribution in [0, 0.1) is 0 Å². The van der Waals surface area contributed by atoms with Gasteiger partial charge in [-0.3, -0.25) is 0 Å². The number of esters is 1. The Labute approximate surface area is 75.2 Å². The Morgan fingerprint density at radius 2 is 2.54 bits per heavy atom. The lowest BCUT2D eigenvalue weighted by atomic mass is 10.3. The number of aliphatic hydroxyl groups is 1. The molecule has 1 rings (SSSR count). The fourth-order valence-corrected chi connectivity index (χ4v) is 0.946. The van der Waals surface area contributed by atoms with Gasteiger partial charge in [-0.1, -0.05) is 0 Å². The predicted octanol–water partition coefficient (Wildman–Crippen LogP) is -0.496. The first-order valence-corrected chi connectivity index (χ1v) is 3.84. The standard InChI is InChI=1S/C7H11N3O3/c1-3-10-6(8-4-9-10)5(11)7(12)13-2/h4-5,11H,3H2,1-2H3. The maximum atomic E-state index is 10.9. The Morgan fingerprint density at radius 1 is 1.85 bits per heavy atom. The Kier molecular flexibility index (Phi) is 2.97. The molecule has 13 heavy (non-hydrogen) atoms. The van der Waals surface area contributed by atoms with Crippen molar-refractivity contribution >= 4 is 5.97 Å². The van der Waals surface area contributed by atoms with Crippen LogP contribution in [0.15, 0.2) is 6.33 Å². The van der Waals surface area contributed by atoms with Gasteiger partial charge in [0.2, 0.25) is 6.10 Å². The molecule has 6 nitrogen and oxygen atoms in total. The zero-order valence-electron chi connectivity index (χ0n) is 7.47. The fourth-order valence-electron chi connectivity index (χ4n) is 0.946. The minimum Gasteiger partial charge on any atom is -0.467 e. The summed E-state index contributed by atoms with van der Waals surface area (Å²) < 4.78 is 5.80. The number of ether oxygens (including phenoxy) is 1. The summed E-state index contributed by atoms with van der Waals surface area (Å²) in [6.45, 7) is 2.38. The first-order valence-electron chi connectivity index (χ1n) is 3.84. The molecule has 0 amide bonds. The van der Waals surface area contributed by atoms with Crippen LogP contribution in [-0.2, 0) is 16.1 Å². The quantitative estimate of drug-likeness (QED) is 0.642. The summed E-state index contributed by atoms with van der Waals surface area (Å²) in [5.74, 6) is -0.531. The van der Waals surface area contributed by atoms with Crippen LogP contribution in [-0.4, -0.2) is 33.0 Å². The topological polar surface area (TPSA) is 77.2 Å². The molecule has 0 aliphatic carbocycles. The number of methoxy groups -OCH3 is 1. The van der Waals surface area contributed by atoms with E-state index in [9.17, 15) is 9.90 Å². The molecule has 72 valence electrons. The summed E-state index contributed by atoms with van der Waals surface area (Å²) >= 11 is 0. The lowest BCUT2D eigenvalue weighted by Crippen LogP contribution is -2.18. The van der Waals surface area contributed by atoms with Crippen LogP contribution in [0.2, 0.25) is 0 Å². The Balaban J connectivity index is 2.87. The second kappa shape index (κ2) is 3.99. The van der Waals surface area contributed by atoms with Gasteiger partial charge in [0.05, 0.1) is 7.11 Å². The van der Waals surface area contributed by atoms with Crippen LogP contribution >= 0.6 is 0 Å². The number of nitrogens with zero attached hydrogens (tertiary/aromatic N) is 3. The number of carbonyl (C=O) groups excluding carboxylic acids is 1. The zero-order valence-corrected chi connectivity index (χ0v) is 7.47. The van der Waals surface area contributed by atoms with Crippen molar-refractivity contribution in [2.75, 3.05) is 7.11 Å². The largest absolute Gasteiger partial charge is 0.467 e. The summed E-state index contributed by atoms with van der Waals surface area (Å²) in [5, 5.41) is 13.2. The minimum absolute atomic E-state index is 0.203. The molecule has 0 fully saturated rings. The molecular formula is C7H11N3O3. The second-order valence-electron chi connectivity index (χ2n) is 2.36. The van der Waals surface area contributed by atoms with E-state index in [4.69, 9.17) is 0 Å². The Morgan fingerprint density at radius 3 is 3.08 bits per heavy atom. The fraction of sp³-hybridized carbons (Fsp3) is 0.571. The number of aryl methyl sites for hydroxylation is 1. The van der Waals surface area contributed by atoms with Crippen molar-refractivity contribution in [3.63, 3.8) is 0 Å². The van der Waals surface area contributed by atoms with E-state index in [0.717, 1.165) is 0 Å². The minimum atomic E-state index is -1.35. The molecule has 1 heterocycles. The molecule has 0 radical (unpaired) electrons. The number of aromatic nitrogens is 3. The van der Waals surface area contributed by atoms with Crippen LogP contribution in [0.25, 0.3) is 0 Å². The maximum Gasteiger partial charge on any atom is 0.342 e. The molecule has 0 saturated carbocycles. The van der Waals surface area contributed by atoms with E-state index in [1.54, 1.807) is 0 Å². The van der Waals surface area contributed by atoms with E-state index in [-0.39, 0.29) is 5.82 Å². The van der Waals surface area contributed by atoms with Crippen LogP contribution < -0.4 is 0 Å². The third-order valence-electron chi connectivity index (χ3n) is 1.61. The Hall–Kier alpha value is -1.43. The first-order chi connectivity index (χ1) is 6.20. The van der Waals surface area contributed by atoms with Gasteiger partial charge in [0.25, 0.3) is 0 Å². The predicted molar refractivity (Wildman–Crippen MR) is 42.7 cm³/mol. The molecule has 0 aliphatic rings. The number of carbonyl (C=O) groups is 1. The smallest absolute Gasteiger partial charge is 0.342 e. The maximum absolute atomic E-state index is 10.9. The number of hydrogen-bond donors (Lipinski definition) is 1. The third-order valence-corrected chi connectivity index (χ3v) is 1.61. The molecule has 1 N–H and O–H groups in total. The molecule has 1 unspecified atom stereocenters. The molecule has 1 aromatic rings. The van der Waals surface area contributed by atoms with Gasteiger partial charge in [-0.2, -0.15) is 5.10 Å². The number of aliphatic hydroxyl groups excluding tert-OH is 1. The van der Waals surface area contributed by atoms with Crippen molar-refractivity contribution in [3.8, 4) is 0 Å². The average Bonchev–Trinajstić information content (AvgIpc) is 2.62. The highest BCUT2D eigenvalue weighted by Crippen LogP contribution is 2.09. The van der Waals surface area contributed by atoms with Gasteiger partial charge < -0.3 is 9.84 Å². The average molecular weight is 185 g/mol. The van der Waals surface area contributed by atoms with Crippen molar-refractivity contribution in [1.29, 1.82) is 0 Å².